The summed E-state index contributed by atoms with van der Waals surface area (Å²) in [6, 6.07) is 5.21. The number of aromatic nitrogens is 2. The fraction of sp³-hybridized carbons (Fsp3) is 0.522. The normalized spacial score (nSPS) is 18.1. The summed E-state index contributed by atoms with van der Waals surface area (Å²) in [7, 11) is 3.29. The second-order valence-corrected chi connectivity index (χ2v) is 8.67. The highest BCUT2D eigenvalue weighted by Crippen LogP contribution is 2.29. The number of benzene rings is 1. The predicted molar refractivity (Wildman–Crippen MR) is 129 cm³/mol. The van der Waals surface area contributed by atoms with E-state index in [0.717, 1.165) is 24.9 Å². The molecule has 3 rings (SSSR count). The highest BCUT2D eigenvalue weighted by molar-refractivity contribution is 6.32. The Morgan fingerprint density at radius 1 is 1.22 bits per heavy atom. The van der Waals surface area contributed by atoms with Crippen LogP contribution in [0, 0.1) is 11.8 Å². The molecule has 0 saturated heterocycles. The maximum Gasteiger partial charge on any atom is 0.251 e. The van der Waals surface area contributed by atoms with Crippen molar-refractivity contribution in [2.75, 3.05) is 44.4 Å². The zero-order valence-corrected chi connectivity index (χ0v) is 19.8. The number of ether oxygens (including phenoxy) is 1. The standard InChI is InChI=1S/C23H33ClN6O2/c1-15-4-6-16(7-5-15)13-26-10-11-27-22(31)17-8-9-19(20(12-17)32-3)29-23-28-14-18(24)21(25-2)30-23/h8-9,12,14-16,26H,4-7,10-11,13H2,1-3H3,(H,27,31)(H2,25,28,29,30). The van der Waals surface area contributed by atoms with Crippen LogP contribution in [0.4, 0.5) is 17.5 Å². The number of carbonyl (C=O) groups excluding carboxylic acids is 1. The second kappa shape index (κ2) is 11.9. The summed E-state index contributed by atoms with van der Waals surface area (Å²) in [6.07, 6.45) is 6.78. The van der Waals surface area contributed by atoms with Crippen LogP contribution in [-0.4, -0.2) is 49.7 Å². The number of methoxy groups -OCH3 is 1. The first kappa shape index (κ1) is 24.1. The molecular weight excluding hydrogens is 428 g/mol. The van der Waals surface area contributed by atoms with Crippen molar-refractivity contribution >= 4 is 35.0 Å². The van der Waals surface area contributed by atoms with E-state index in [1.54, 1.807) is 32.4 Å². The lowest BCUT2D eigenvalue weighted by atomic mass is 9.83. The van der Waals surface area contributed by atoms with E-state index in [1.807, 2.05) is 0 Å². The van der Waals surface area contributed by atoms with Crippen molar-refractivity contribution in [1.29, 1.82) is 0 Å². The first-order chi connectivity index (χ1) is 15.5. The summed E-state index contributed by atoms with van der Waals surface area (Å²) >= 11 is 6.03. The molecule has 8 nitrogen and oxygen atoms in total. The van der Waals surface area contributed by atoms with Crippen LogP contribution in [0.5, 0.6) is 5.75 Å². The van der Waals surface area contributed by atoms with Gasteiger partial charge in [-0.05, 0) is 49.4 Å². The topological polar surface area (TPSA) is 100 Å². The molecule has 1 aromatic heterocycles. The maximum atomic E-state index is 12.5. The van der Waals surface area contributed by atoms with Gasteiger partial charge >= 0.3 is 0 Å². The van der Waals surface area contributed by atoms with Gasteiger partial charge in [0.2, 0.25) is 5.95 Å². The minimum Gasteiger partial charge on any atom is -0.495 e. The molecule has 1 fully saturated rings. The van der Waals surface area contributed by atoms with Gasteiger partial charge in [0.25, 0.3) is 5.91 Å². The van der Waals surface area contributed by atoms with Crippen molar-refractivity contribution in [2.24, 2.45) is 11.8 Å². The molecular formula is C23H33ClN6O2. The summed E-state index contributed by atoms with van der Waals surface area (Å²) in [5.74, 6) is 2.91. The second-order valence-electron chi connectivity index (χ2n) is 8.27. The summed E-state index contributed by atoms with van der Waals surface area (Å²) in [6.45, 7) is 4.70. The van der Waals surface area contributed by atoms with Gasteiger partial charge in [-0.15, -0.1) is 0 Å². The van der Waals surface area contributed by atoms with E-state index < -0.39 is 0 Å². The summed E-state index contributed by atoms with van der Waals surface area (Å²) in [5.41, 5.74) is 1.18. The third kappa shape index (κ3) is 6.71. The smallest absolute Gasteiger partial charge is 0.251 e. The molecule has 1 heterocycles. The SMILES string of the molecule is CNc1nc(Nc2ccc(C(=O)NCCNCC3CCC(C)CC3)cc2OC)ncc1Cl. The van der Waals surface area contributed by atoms with Gasteiger partial charge in [-0.3, -0.25) is 4.79 Å². The quantitative estimate of drug-likeness (QED) is 0.396. The Kier molecular flexibility index (Phi) is 8.93. The Bertz CT molecular complexity index is 902. The van der Waals surface area contributed by atoms with Crippen LogP contribution >= 0.6 is 11.6 Å². The average Bonchev–Trinajstić information content (AvgIpc) is 2.81. The number of amides is 1. The molecule has 1 aliphatic rings. The van der Waals surface area contributed by atoms with Gasteiger partial charge in [-0.1, -0.05) is 31.4 Å². The van der Waals surface area contributed by atoms with E-state index in [1.165, 1.54) is 31.9 Å². The zero-order chi connectivity index (χ0) is 22.9. The minimum atomic E-state index is -0.136. The Morgan fingerprint density at radius 3 is 2.72 bits per heavy atom. The van der Waals surface area contributed by atoms with Gasteiger partial charge < -0.3 is 26.0 Å². The molecule has 0 atom stereocenters. The first-order valence-corrected chi connectivity index (χ1v) is 11.5. The Hall–Kier alpha value is -2.58. The average molecular weight is 461 g/mol. The van der Waals surface area contributed by atoms with Gasteiger partial charge in [-0.25, -0.2) is 4.98 Å². The van der Waals surface area contributed by atoms with Crippen LogP contribution in [0.1, 0.15) is 43.0 Å². The van der Waals surface area contributed by atoms with Gasteiger partial charge in [-0.2, -0.15) is 4.98 Å². The maximum absolute atomic E-state index is 12.5. The van der Waals surface area contributed by atoms with E-state index in [0.29, 0.717) is 40.3 Å². The molecule has 1 aromatic carbocycles. The fourth-order valence-corrected chi connectivity index (χ4v) is 4.05. The van der Waals surface area contributed by atoms with Crippen molar-refractivity contribution in [1.82, 2.24) is 20.6 Å². The van der Waals surface area contributed by atoms with Crippen molar-refractivity contribution in [3.63, 3.8) is 0 Å². The van der Waals surface area contributed by atoms with Crippen molar-refractivity contribution in [3.05, 3.63) is 35.0 Å². The van der Waals surface area contributed by atoms with Crippen LogP contribution in [0.25, 0.3) is 0 Å². The van der Waals surface area contributed by atoms with Crippen LogP contribution in [0.15, 0.2) is 24.4 Å². The molecule has 0 unspecified atom stereocenters. The van der Waals surface area contributed by atoms with Crippen molar-refractivity contribution in [3.8, 4) is 5.75 Å². The van der Waals surface area contributed by atoms with Crippen LogP contribution in [0.2, 0.25) is 5.02 Å². The molecule has 1 aliphatic carbocycles. The highest BCUT2D eigenvalue weighted by atomic mass is 35.5. The molecule has 0 radical (unpaired) electrons. The number of carbonyl (C=O) groups is 1. The molecule has 4 N–H and O–H groups in total. The van der Waals surface area contributed by atoms with E-state index >= 15 is 0 Å². The van der Waals surface area contributed by atoms with E-state index in [2.05, 4.69) is 38.2 Å². The van der Waals surface area contributed by atoms with Crippen LogP contribution in [0.3, 0.4) is 0 Å². The lowest BCUT2D eigenvalue weighted by Gasteiger charge is -2.26. The molecule has 1 amide bonds. The number of nitrogens with zero attached hydrogens (tertiary/aromatic N) is 2. The number of hydrogen-bond acceptors (Lipinski definition) is 7. The number of anilines is 3. The van der Waals surface area contributed by atoms with E-state index in [9.17, 15) is 4.79 Å². The van der Waals surface area contributed by atoms with Gasteiger partial charge in [0.05, 0.1) is 19.0 Å². The lowest BCUT2D eigenvalue weighted by molar-refractivity contribution is 0.0953. The Labute approximate surface area is 194 Å². The number of rotatable bonds is 10. The molecule has 0 aliphatic heterocycles. The summed E-state index contributed by atoms with van der Waals surface area (Å²) in [5, 5.41) is 12.9. The van der Waals surface area contributed by atoms with E-state index in [4.69, 9.17) is 16.3 Å². The molecule has 0 spiro atoms. The van der Waals surface area contributed by atoms with Gasteiger partial charge in [0, 0.05) is 25.7 Å². The van der Waals surface area contributed by atoms with Crippen LogP contribution in [-0.2, 0) is 0 Å². The highest BCUT2D eigenvalue weighted by Gasteiger charge is 2.17. The largest absolute Gasteiger partial charge is 0.495 e. The predicted octanol–water partition coefficient (Wildman–Crippen LogP) is 4.07. The van der Waals surface area contributed by atoms with Gasteiger partial charge in [0.1, 0.15) is 16.6 Å². The number of halogens is 1. The Morgan fingerprint density at radius 2 is 2.00 bits per heavy atom. The molecule has 1 saturated carbocycles. The Balaban J connectivity index is 1.49. The van der Waals surface area contributed by atoms with Crippen molar-refractivity contribution in [2.45, 2.75) is 32.6 Å². The molecule has 0 bridgehead atoms. The molecule has 174 valence electrons. The summed E-state index contributed by atoms with van der Waals surface area (Å²) in [4.78, 5) is 21.0. The fourth-order valence-electron chi connectivity index (χ4n) is 3.86. The zero-order valence-electron chi connectivity index (χ0n) is 19.0. The third-order valence-electron chi connectivity index (χ3n) is 5.85. The third-order valence-corrected chi connectivity index (χ3v) is 6.12. The van der Waals surface area contributed by atoms with E-state index in [-0.39, 0.29) is 5.91 Å². The minimum absolute atomic E-state index is 0.136. The summed E-state index contributed by atoms with van der Waals surface area (Å²) < 4.78 is 5.45. The van der Waals surface area contributed by atoms with Gasteiger partial charge in [0.15, 0.2) is 0 Å². The van der Waals surface area contributed by atoms with Crippen LogP contribution < -0.4 is 26.0 Å². The number of hydrogen-bond donors (Lipinski definition) is 4. The number of nitrogens with one attached hydrogen (secondary N) is 4. The molecule has 32 heavy (non-hydrogen) atoms. The molecule has 9 heteroatoms. The monoisotopic (exact) mass is 460 g/mol. The first-order valence-electron chi connectivity index (χ1n) is 11.1. The van der Waals surface area contributed by atoms with Crippen molar-refractivity contribution < 1.29 is 9.53 Å². The lowest BCUT2D eigenvalue weighted by Crippen LogP contribution is -2.34. The molecule has 2 aromatic rings.